The minimum absolute atomic E-state index is 0.653. The van der Waals surface area contributed by atoms with Crippen molar-refractivity contribution in [2.24, 2.45) is 5.92 Å². The highest BCUT2D eigenvalue weighted by molar-refractivity contribution is 6.32. The Morgan fingerprint density at radius 3 is 3.06 bits per heavy atom. The van der Waals surface area contributed by atoms with Gasteiger partial charge in [0.25, 0.3) is 0 Å². The van der Waals surface area contributed by atoms with Crippen LogP contribution in [-0.2, 0) is 0 Å². The average Bonchev–Trinajstić information content (AvgIpc) is 2.82. The van der Waals surface area contributed by atoms with Crippen LogP contribution in [0.3, 0.4) is 0 Å². The lowest BCUT2D eigenvalue weighted by Crippen LogP contribution is -2.12. The molecule has 1 saturated heterocycles. The molecule has 1 heterocycles. The number of methoxy groups -OCH3 is 1. The van der Waals surface area contributed by atoms with Crippen LogP contribution in [0.4, 0.5) is 5.69 Å². The minimum atomic E-state index is 0.653. The largest absolute Gasteiger partial charge is 0.495 e. The molecule has 94 valence electrons. The van der Waals surface area contributed by atoms with Crippen LogP contribution in [0.25, 0.3) is 0 Å². The van der Waals surface area contributed by atoms with Crippen molar-refractivity contribution >= 4 is 17.3 Å². The maximum atomic E-state index is 6.06. The Morgan fingerprint density at radius 2 is 2.41 bits per heavy atom. The third-order valence-corrected chi connectivity index (χ3v) is 3.49. The van der Waals surface area contributed by atoms with Crippen LogP contribution in [0.2, 0.25) is 5.02 Å². The standard InChI is InChI=1S/C13H19ClN2O/c1-17-13-3-2-11(8-12(13)14)16-7-5-10-4-6-15-9-10/h2-3,8,10,15-16H,4-7,9H2,1H3. The van der Waals surface area contributed by atoms with E-state index in [1.807, 2.05) is 18.2 Å². The molecule has 3 nitrogen and oxygen atoms in total. The molecule has 0 spiro atoms. The number of halogens is 1. The second-order valence-corrected chi connectivity index (χ2v) is 4.83. The van der Waals surface area contributed by atoms with Gasteiger partial charge in [0, 0.05) is 12.2 Å². The first kappa shape index (κ1) is 12.5. The highest BCUT2D eigenvalue weighted by Crippen LogP contribution is 2.27. The number of rotatable bonds is 5. The molecular weight excluding hydrogens is 236 g/mol. The van der Waals surface area contributed by atoms with E-state index >= 15 is 0 Å². The molecule has 2 rings (SSSR count). The molecule has 0 aromatic heterocycles. The zero-order chi connectivity index (χ0) is 12.1. The third kappa shape index (κ3) is 3.51. The summed E-state index contributed by atoms with van der Waals surface area (Å²) in [4.78, 5) is 0. The second-order valence-electron chi connectivity index (χ2n) is 4.42. The summed E-state index contributed by atoms with van der Waals surface area (Å²) >= 11 is 6.06. The summed E-state index contributed by atoms with van der Waals surface area (Å²) in [5.41, 5.74) is 1.06. The van der Waals surface area contributed by atoms with Crippen molar-refractivity contribution < 1.29 is 4.74 Å². The van der Waals surface area contributed by atoms with Gasteiger partial charge in [-0.05, 0) is 50.0 Å². The van der Waals surface area contributed by atoms with Gasteiger partial charge in [-0.2, -0.15) is 0 Å². The van der Waals surface area contributed by atoms with E-state index in [0.29, 0.717) is 5.02 Å². The number of hydrogen-bond donors (Lipinski definition) is 2. The van der Waals surface area contributed by atoms with E-state index in [2.05, 4.69) is 10.6 Å². The summed E-state index contributed by atoms with van der Waals surface area (Å²) < 4.78 is 5.12. The fourth-order valence-electron chi connectivity index (χ4n) is 2.16. The summed E-state index contributed by atoms with van der Waals surface area (Å²) in [7, 11) is 1.63. The fourth-order valence-corrected chi connectivity index (χ4v) is 2.42. The van der Waals surface area contributed by atoms with Gasteiger partial charge in [-0.15, -0.1) is 0 Å². The molecule has 0 radical (unpaired) electrons. The lowest BCUT2D eigenvalue weighted by atomic mass is 10.1. The van der Waals surface area contributed by atoms with Gasteiger partial charge >= 0.3 is 0 Å². The van der Waals surface area contributed by atoms with Gasteiger partial charge in [0.05, 0.1) is 12.1 Å². The maximum Gasteiger partial charge on any atom is 0.137 e. The predicted molar refractivity (Wildman–Crippen MR) is 72.1 cm³/mol. The van der Waals surface area contributed by atoms with Crippen molar-refractivity contribution in [3.05, 3.63) is 23.2 Å². The summed E-state index contributed by atoms with van der Waals surface area (Å²) in [6.07, 6.45) is 2.50. The monoisotopic (exact) mass is 254 g/mol. The summed E-state index contributed by atoms with van der Waals surface area (Å²) in [5.74, 6) is 1.54. The van der Waals surface area contributed by atoms with E-state index in [1.165, 1.54) is 19.4 Å². The lowest BCUT2D eigenvalue weighted by molar-refractivity contribution is 0.415. The fraction of sp³-hybridized carbons (Fsp3) is 0.538. The number of nitrogens with one attached hydrogen (secondary N) is 2. The van der Waals surface area contributed by atoms with Gasteiger partial charge in [0.1, 0.15) is 5.75 Å². The zero-order valence-corrected chi connectivity index (χ0v) is 10.9. The lowest BCUT2D eigenvalue weighted by Gasteiger charge is -2.11. The van der Waals surface area contributed by atoms with Gasteiger partial charge in [-0.1, -0.05) is 11.6 Å². The van der Waals surface area contributed by atoms with Crippen LogP contribution in [0.15, 0.2) is 18.2 Å². The molecular formula is C13H19ClN2O. The zero-order valence-electron chi connectivity index (χ0n) is 10.1. The van der Waals surface area contributed by atoms with E-state index in [4.69, 9.17) is 16.3 Å². The van der Waals surface area contributed by atoms with Gasteiger partial charge in [-0.3, -0.25) is 0 Å². The van der Waals surface area contributed by atoms with E-state index in [9.17, 15) is 0 Å². The number of ether oxygens (including phenoxy) is 1. The van der Waals surface area contributed by atoms with Crippen LogP contribution in [0, 0.1) is 5.92 Å². The molecule has 1 aromatic rings. The second kappa shape index (κ2) is 6.12. The highest BCUT2D eigenvalue weighted by Gasteiger charge is 2.13. The normalized spacial score (nSPS) is 19.3. The van der Waals surface area contributed by atoms with Crippen molar-refractivity contribution in [2.45, 2.75) is 12.8 Å². The third-order valence-electron chi connectivity index (χ3n) is 3.20. The summed E-state index contributed by atoms with van der Waals surface area (Å²) in [6.45, 7) is 3.32. The van der Waals surface area contributed by atoms with Gasteiger partial charge < -0.3 is 15.4 Å². The number of benzene rings is 1. The van der Waals surface area contributed by atoms with E-state index in [1.54, 1.807) is 7.11 Å². The SMILES string of the molecule is COc1ccc(NCCC2CCNC2)cc1Cl. The Bertz CT molecular complexity index is 364. The van der Waals surface area contributed by atoms with Crippen LogP contribution in [0.1, 0.15) is 12.8 Å². The molecule has 2 N–H and O–H groups in total. The summed E-state index contributed by atoms with van der Waals surface area (Å²) in [6, 6.07) is 5.80. The molecule has 1 aliphatic heterocycles. The van der Waals surface area contributed by atoms with Gasteiger partial charge in [0.2, 0.25) is 0 Å². The van der Waals surface area contributed by atoms with Crippen molar-refractivity contribution in [3.63, 3.8) is 0 Å². The van der Waals surface area contributed by atoms with Crippen LogP contribution >= 0.6 is 11.6 Å². The molecule has 1 fully saturated rings. The van der Waals surface area contributed by atoms with Crippen LogP contribution in [0.5, 0.6) is 5.75 Å². The smallest absolute Gasteiger partial charge is 0.137 e. The number of hydrogen-bond acceptors (Lipinski definition) is 3. The Balaban J connectivity index is 1.80. The molecule has 1 aliphatic rings. The first-order chi connectivity index (χ1) is 8.29. The van der Waals surface area contributed by atoms with Crippen LogP contribution < -0.4 is 15.4 Å². The molecule has 0 amide bonds. The quantitative estimate of drug-likeness (QED) is 0.848. The Morgan fingerprint density at radius 1 is 1.53 bits per heavy atom. The summed E-state index contributed by atoms with van der Waals surface area (Å²) in [5, 5.41) is 7.43. The number of anilines is 1. The van der Waals surface area contributed by atoms with E-state index in [0.717, 1.165) is 30.4 Å². The van der Waals surface area contributed by atoms with Crippen molar-refractivity contribution in [1.82, 2.24) is 5.32 Å². The van der Waals surface area contributed by atoms with Crippen molar-refractivity contribution in [2.75, 3.05) is 32.1 Å². The molecule has 1 unspecified atom stereocenters. The molecule has 1 atom stereocenters. The van der Waals surface area contributed by atoms with Crippen molar-refractivity contribution in [3.8, 4) is 5.75 Å². The molecule has 4 heteroatoms. The Hall–Kier alpha value is -0.930. The van der Waals surface area contributed by atoms with E-state index in [-0.39, 0.29) is 0 Å². The van der Waals surface area contributed by atoms with Gasteiger partial charge in [-0.25, -0.2) is 0 Å². The first-order valence-electron chi connectivity index (χ1n) is 6.07. The minimum Gasteiger partial charge on any atom is -0.495 e. The predicted octanol–water partition coefficient (Wildman–Crippen LogP) is 2.76. The van der Waals surface area contributed by atoms with Crippen molar-refractivity contribution in [1.29, 1.82) is 0 Å². The molecule has 1 aromatic carbocycles. The maximum absolute atomic E-state index is 6.06. The first-order valence-corrected chi connectivity index (χ1v) is 6.45. The Labute approximate surface area is 107 Å². The molecule has 0 saturated carbocycles. The Kier molecular flexibility index (Phi) is 4.51. The average molecular weight is 255 g/mol. The van der Waals surface area contributed by atoms with Crippen LogP contribution in [-0.4, -0.2) is 26.7 Å². The molecule has 0 bridgehead atoms. The molecule has 17 heavy (non-hydrogen) atoms. The van der Waals surface area contributed by atoms with Gasteiger partial charge in [0.15, 0.2) is 0 Å². The molecule has 0 aliphatic carbocycles. The van der Waals surface area contributed by atoms with E-state index < -0.39 is 0 Å². The highest BCUT2D eigenvalue weighted by atomic mass is 35.5. The topological polar surface area (TPSA) is 33.3 Å².